The quantitative estimate of drug-likeness (QED) is 0.775. The molecule has 1 amide bonds. The number of hydrogen-bond donors (Lipinski definition) is 2. The predicted octanol–water partition coefficient (Wildman–Crippen LogP) is -0.463. The Kier molecular flexibility index (Phi) is 4.99. The molecule has 2 heterocycles. The first-order valence-electron chi connectivity index (χ1n) is 6.47. The second-order valence-corrected chi connectivity index (χ2v) is 4.82. The standard InChI is InChI=1S/C13H19N3O4/c1-8-3-14-5-10(16-8)13(18)15-4-9-6-20-7-11(19-2)12(9)17/h3,5,9,11-12,17H,4,6-7H2,1-2H3,(H,15,18)/t9-,11-,12+/m1/s1. The molecular formula is C13H19N3O4. The lowest BCUT2D eigenvalue weighted by Gasteiger charge is -2.33. The van der Waals surface area contributed by atoms with Gasteiger partial charge in [0.25, 0.3) is 5.91 Å². The van der Waals surface area contributed by atoms with Crippen LogP contribution in [0.15, 0.2) is 12.4 Å². The molecule has 0 aromatic carbocycles. The summed E-state index contributed by atoms with van der Waals surface area (Å²) < 4.78 is 10.5. The van der Waals surface area contributed by atoms with Gasteiger partial charge in [-0.1, -0.05) is 0 Å². The van der Waals surface area contributed by atoms with Gasteiger partial charge in [-0.15, -0.1) is 0 Å². The number of nitrogens with zero attached hydrogens (tertiary/aromatic N) is 2. The van der Waals surface area contributed by atoms with Crippen LogP contribution in [-0.2, 0) is 9.47 Å². The van der Waals surface area contributed by atoms with E-state index >= 15 is 0 Å². The molecule has 7 nitrogen and oxygen atoms in total. The van der Waals surface area contributed by atoms with Crippen molar-refractivity contribution in [1.29, 1.82) is 0 Å². The molecule has 1 fully saturated rings. The van der Waals surface area contributed by atoms with Crippen LogP contribution in [0.1, 0.15) is 16.2 Å². The highest BCUT2D eigenvalue weighted by Gasteiger charge is 2.32. The molecule has 7 heteroatoms. The van der Waals surface area contributed by atoms with Gasteiger partial charge in [0, 0.05) is 25.8 Å². The number of rotatable bonds is 4. The summed E-state index contributed by atoms with van der Waals surface area (Å²) in [5.41, 5.74) is 0.942. The number of amides is 1. The first-order chi connectivity index (χ1) is 9.61. The molecule has 0 saturated carbocycles. The molecule has 20 heavy (non-hydrogen) atoms. The van der Waals surface area contributed by atoms with Gasteiger partial charge in [-0.3, -0.25) is 9.78 Å². The van der Waals surface area contributed by atoms with Crippen LogP contribution < -0.4 is 5.32 Å². The molecule has 1 saturated heterocycles. The van der Waals surface area contributed by atoms with E-state index in [-0.39, 0.29) is 23.6 Å². The molecule has 110 valence electrons. The Labute approximate surface area is 117 Å². The third-order valence-corrected chi connectivity index (χ3v) is 3.29. The van der Waals surface area contributed by atoms with Gasteiger partial charge >= 0.3 is 0 Å². The van der Waals surface area contributed by atoms with E-state index in [1.165, 1.54) is 13.3 Å². The molecule has 1 aromatic heterocycles. The molecule has 3 atom stereocenters. The zero-order chi connectivity index (χ0) is 14.5. The smallest absolute Gasteiger partial charge is 0.271 e. The maximum absolute atomic E-state index is 11.9. The lowest BCUT2D eigenvalue weighted by Crippen LogP contribution is -2.49. The van der Waals surface area contributed by atoms with Gasteiger partial charge in [-0.05, 0) is 6.92 Å². The third-order valence-electron chi connectivity index (χ3n) is 3.29. The fraction of sp³-hybridized carbons (Fsp3) is 0.615. The molecule has 1 aromatic rings. The maximum Gasteiger partial charge on any atom is 0.271 e. The summed E-state index contributed by atoms with van der Waals surface area (Å²) in [6.45, 7) is 2.83. The van der Waals surface area contributed by atoms with Gasteiger partial charge in [-0.2, -0.15) is 0 Å². The van der Waals surface area contributed by atoms with Crippen molar-refractivity contribution in [3.63, 3.8) is 0 Å². The maximum atomic E-state index is 11.9. The number of ether oxygens (including phenoxy) is 2. The van der Waals surface area contributed by atoms with Crippen molar-refractivity contribution < 1.29 is 19.4 Å². The summed E-state index contributed by atoms with van der Waals surface area (Å²) in [5, 5.41) is 12.8. The van der Waals surface area contributed by atoms with Crippen LogP contribution in [-0.4, -0.2) is 60.1 Å². The Morgan fingerprint density at radius 2 is 2.35 bits per heavy atom. The van der Waals surface area contributed by atoms with Crippen molar-refractivity contribution in [3.05, 3.63) is 23.8 Å². The number of hydrogen-bond acceptors (Lipinski definition) is 6. The van der Waals surface area contributed by atoms with Crippen LogP contribution in [0.3, 0.4) is 0 Å². The van der Waals surface area contributed by atoms with Gasteiger partial charge in [0.2, 0.25) is 0 Å². The zero-order valence-corrected chi connectivity index (χ0v) is 11.6. The van der Waals surface area contributed by atoms with Crippen LogP contribution in [0.4, 0.5) is 0 Å². The van der Waals surface area contributed by atoms with Crippen LogP contribution in [0, 0.1) is 12.8 Å². The van der Waals surface area contributed by atoms with E-state index in [0.717, 1.165) is 0 Å². The third kappa shape index (κ3) is 3.50. The number of carbonyl (C=O) groups excluding carboxylic acids is 1. The molecule has 2 rings (SSSR count). The molecule has 0 bridgehead atoms. The van der Waals surface area contributed by atoms with Gasteiger partial charge in [0.15, 0.2) is 0 Å². The zero-order valence-electron chi connectivity index (χ0n) is 11.6. The van der Waals surface area contributed by atoms with E-state index in [4.69, 9.17) is 9.47 Å². The van der Waals surface area contributed by atoms with Crippen molar-refractivity contribution in [2.75, 3.05) is 26.9 Å². The minimum Gasteiger partial charge on any atom is -0.390 e. The first kappa shape index (κ1) is 14.8. The van der Waals surface area contributed by atoms with Crippen molar-refractivity contribution in [3.8, 4) is 0 Å². The number of aryl methyl sites for hydroxylation is 1. The molecule has 0 radical (unpaired) electrons. The summed E-state index contributed by atoms with van der Waals surface area (Å²) in [5.74, 6) is -0.511. The number of aliphatic hydroxyl groups is 1. The Morgan fingerprint density at radius 1 is 1.55 bits per heavy atom. The Balaban J connectivity index is 1.90. The molecule has 1 aliphatic heterocycles. The van der Waals surface area contributed by atoms with Crippen LogP contribution in [0.25, 0.3) is 0 Å². The lowest BCUT2D eigenvalue weighted by molar-refractivity contribution is -0.132. The van der Waals surface area contributed by atoms with Gasteiger partial charge in [0.05, 0.1) is 31.2 Å². The fourth-order valence-corrected chi connectivity index (χ4v) is 2.11. The largest absolute Gasteiger partial charge is 0.390 e. The number of aromatic nitrogens is 2. The van der Waals surface area contributed by atoms with Crippen molar-refractivity contribution >= 4 is 5.91 Å². The van der Waals surface area contributed by atoms with Crippen LogP contribution in [0.2, 0.25) is 0 Å². The number of carbonyl (C=O) groups is 1. The Bertz CT molecular complexity index is 469. The summed E-state index contributed by atoms with van der Waals surface area (Å²) in [4.78, 5) is 19.9. The van der Waals surface area contributed by atoms with E-state index in [2.05, 4.69) is 15.3 Å². The first-order valence-corrected chi connectivity index (χ1v) is 6.47. The summed E-state index contributed by atoms with van der Waals surface area (Å²) in [7, 11) is 1.53. The van der Waals surface area contributed by atoms with E-state index in [1.54, 1.807) is 13.1 Å². The topological polar surface area (TPSA) is 93.6 Å². The van der Waals surface area contributed by atoms with Gasteiger partial charge < -0.3 is 19.9 Å². The van der Waals surface area contributed by atoms with E-state index in [0.29, 0.717) is 25.5 Å². The van der Waals surface area contributed by atoms with Crippen molar-refractivity contribution in [2.24, 2.45) is 5.92 Å². The fourth-order valence-electron chi connectivity index (χ4n) is 2.11. The van der Waals surface area contributed by atoms with Gasteiger partial charge in [0.1, 0.15) is 11.8 Å². The Morgan fingerprint density at radius 3 is 3.05 bits per heavy atom. The molecule has 0 aliphatic carbocycles. The molecular weight excluding hydrogens is 262 g/mol. The second kappa shape index (κ2) is 6.74. The summed E-state index contributed by atoms with van der Waals surface area (Å²) in [6.07, 6.45) is 1.98. The van der Waals surface area contributed by atoms with Crippen LogP contribution >= 0.6 is 0 Å². The highest BCUT2D eigenvalue weighted by Crippen LogP contribution is 2.16. The minimum absolute atomic E-state index is 0.199. The number of nitrogens with one attached hydrogen (secondary N) is 1. The number of aliphatic hydroxyl groups excluding tert-OH is 1. The highest BCUT2D eigenvalue weighted by molar-refractivity contribution is 5.91. The monoisotopic (exact) mass is 281 g/mol. The average Bonchev–Trinajstić information content (AvgIpc) is 2.46. The Hall–Kier alpha value is -1.57. The average molecular weight is 281 g/mol. The normalized spacial score (nSPS) is 26.2. The minimum atomic E-state index is -0.655. The molecule has 0 unspecified atom stereocenters. The second-order valence-electron chi connectivity index (χ2n) is 4.82. The predicted molar refractivity (Wildman–Crippen MR) is 70.2 cm³/mol. The lowest BCUT2D eigenvalue weighted by atomic mass is 9.96. The van der Waals surface area contributed by atoms with Crippen LogP contribution in [0.5, 0.6) is 0 Å². The van der Waals surface area contributed by atoms with Gasteiger partial charge in [-0.25, -0.2) is 4.98 Å². The SMILES string of the molecule is CO[C@@H]1COC[C@@H](CNC(=O)c2cncc(C)n2)[C@@H]1O. The van der Waals surface area contributed by atoms with Crippen molar-refractivity contribution in [1.82, 2.24) is 15.3 Å². The summed E-state index contributed by atoms with van der Waals surface area (Å²) >= 11 is 0. The van der Waals surface area contributed by atoms with E-state index in [1.807, 2.05) is 0 Å². The van der Waals surface area contributed by atoms with E-state index in [9.17, 15) is 9.90 Å². The molecule has 0 spiro atoms. The summed E-state index contributed by atoms with van der Waals surface area (Å²) in [6, 6.07) is 0. The molecule has 1 aliphatic rings. The number of methoxy groups -OCH3 is 1. The molecule has 2 N–H and O–H groups in total. The van der Waals surface area contributed by atoms with Crippen molar-refractivity contribution in [2.45, 2.75) is 19.1 Å². The van der Waals surface area contributed by atoms with E-state index < -0.39 is 6.10 Å². The highest BCUT2D eigenvalue weighted by atomic mass is 16.5.